The number of fused-ring (bicyclic) bond motifs is 1. The standard InChI is InChI=1S/C19H39NOSi2/c1-7-23(8-2,9-3)21-19-14-18-12-10-11-13-20(18)15-17(19)16-22(4,5)6/h16,18-19H,7-15H2,1-6H3/b17-16+/t18-,19+/m0/s1. The van der Waals surface area contributed by atoms with E-state index in [2.05, 4.69) is 51.0 Å². The number of rotatable bonds is 6. The lowest BCUT2D eigenvalue weighted by Gasteiger charge is -2.46. The molecule has 0 bridgehead atoms. The minimum absolute atomic E-state index is 0.424. The van der Waals surface area contributed by atoms with E-state index in [0.29, 0.717) is 6.10 Å². The van der Waals surface area contributed by atoms with Crippen LogP contribution in [0.25, 0.3) is 0 Å². The highest BCUT2D eigenvalue weighted by molar-refractivity contribution is 6.81. The molecule has 2 nitrogen and oxygen atoms in total. The molecule has 0 amide bonds. The van der Waals surface area contributed by atoms with E-state index in [0.717, 1.165) is 6.04 Å². The highest BCUT2D eigenvalue weighted by atomic mass is 28.4. The Morgan fingerprint density at radius 1 is 1.09 bits per heavy atom. The van der Waals surface area contributed by atoms with Gasteiger partial charge in [-0.2, -0.15) is 0 Å². The van der Waals surface area contributed by atoms with Crippen molar-refractivity contribution in [2.75, 3.05) is 13.1 Å². The van der Waals surface area contributed by atoms with E-state index >= 15 is 0 Å². The molecule has 2 aliphatic rings. The van der Waals surface area contributed by atoms with Gasteiger partial charge in [-0.05, 0) is 49.5 Å². The molecule has 2 atom stereocenters. The lowest BCUT2D eigenvalue weighted by molar-refractivity contribution is 0.0679. The first-order valence-corrected chi connectivity index (χ1v) is 16.1. The molecule has 0 aromatic heterocycles. The summed E-state index contributed by atoms with van der Waals surface area (Å²) in [5.41, 5.74) is 4.29. The second kappa shape index (κ2) is 7.98. The molecule has 2 fully saturated rings. The van der Waals surface area contributed by atoms with E-state index in [1.54, 1.807) is 5.57 Å². The Bertz CT molecular complexity index is 404. The fourth-order valence-corrected chi connectivity index (χ4v) is 8.63. The maximum atomic E-state index is 7.00. The quantitative estimate of drug-likeness (QED) is 0.590. The molecular weight excluding hydrogens is 314 g/mol. The van der Waals surface area contributed by atoms with Gasteiger partial charge in [0.15, 0.2) is 8.32 Å². The van der Waals surface area contributed by atoms with Crippen LogP contribution in [0.4, 0.5) is 0 Å². The van der Waals surface area contributed by atoms with Crippen molar-refractivity contribution >= 4 is 16.4 Å². The molecule has 2 aliphatic heterocycles. The second-order valence-corrected chi connectivity index (χ2v) is 18.5. The van der Waals surface area contributed by atoms with Crippen LogP contribution < -0.4 is 0 Å². The van der Waals surface area contributed by atoms with Gasteiger partial charge < -0.3 is 4.43 Å². The summed E-state index contributed by atoms with van der Waals surface area (Å²) in [6.07, 6.45) is 5.87. The summed E-state index contributed by atoms with van der Waals surface area (Å²) < 4.78 is 7.00. The van der Waals surface area contributed by atoms with Crippen LogP contribution in [-0.2, 0) is 4.43 Å². The molecular formula is C19H39NOSi2. The molecule has 4 heteroatoms. The van der Waals surface area contributed by atoms with Gasteiger partial charge in [-0.1, -0.05) is 52.5 Å². The van der Waals surface area contributed by atoms with E-state index in [-0.39, 0.29) is 0 Å². The molecule has 2 heterocycles. The molecule has 0 spiro atoms. The lowest BCUT2D eigenvalue weighted by Crippen LogP contribution is -2.52. The first-order chi connectivity index (χ1) is 10.8. The van der Waals surface area contributed by atoms with Crippen molar-refractivity contribution in [1.29, 1.82) is 0 Å². The normalized spacial score (nSPS) is 28.9. The van der Waals surface area contributed by atoms with Crippen molar-refractivity contribution in [3.8, 4) is 0 Å². The van der Waals surface area contributed by atoms with Crippen LogP contribution in [0.5, 0.6) is 0 Å². The average molecular weight is 354 g/mol. The highest BCUT2D eigenvalue weighted by Crippen LogP contribution is 2.35. The minimum Gasteiger partial charge on any atom is -0.410 e. The summed E-state index contributed by atoms with van der Waals surface area (Å²) in [4.78, 5) is 2.75. The molecule has 0 saturated carbocycles. The first kappa shape index (κ1) is 19.4. The second-order valence-electron chi connectivity index (χ2n) is 8.79. The topological polar surface area (TPSA) is 12.5 Å². The Morgan fingerprint density at radius 3 is 2.30 bits per heavy atom. The monoisotopic (exact) mass is 353 g/mol. The predicted molar refractivity (Wildman–Crippen MR) is 107 cm³/mol. The number of piperidine rings is 2. The molecule has 0 unspecified atom stereocenters. The van der Waals surface area contributed by atoms with Crippen LogP contribution in [0, 0.1) is 0 Å². The number of hydrogen-bond donors (Lipinski definition) is 0. The minimum atomic E-state index is -1.52. The predicted octanol–water partition coefficient (Wildman–Crippen LogP) is 5.44. The van der Waals surface area contributed by atoms with Crippen molar-refractivity contribution in [2.24, 2.45) is 0 Å². The van der Waals surface area contributed by atoms with Gasteiger partial charge in [0.25, 0.3) is 0 Å². The van der Waals surface area contributed by atoms with Gasteiger partial charge in [0.1, 0.15) is 0 Å². The summed E-state index contributed by atoms with van der Waals surface area (Å²) in [5.74, 6) is 0. The largest absolute Gasteiger partial charge is 0.410 e. The first-order valence-electron chi connectivity index (χ1n) is 9.96. The van der Waals surface area contributed by atoms with Gasteiger partial charge in [0.05, 0.1) is 14.2 Å². The van der Waals surface area contributed by atoms with E-state index in [1.807, 2.05) is 0 Å². The fourth-order valence-electron chi connectivity index (χ4n) is 4.39. The van der Waals surface area contributed by atoms with E-state index in [9.17, 15) is 0 Å². The average Bonchev–Trinajstić information content (AvgIpc) is 2.51. The van der Waals surface area contributed by atoms with E-state index in [1.165, 1.54) is 56.9 Å². The van der Waals surface area contributed by atoms with Crippen LogP contribution >= 0.6 is 0 Å². The van der Waals surface area contributed by atoms with Gasteiger partial charge >= 0.3 is 0 Å². The van der Waals surface area contributed by atoms with Crippen LogP contribution in [0.2, 0.25) is 37.8 Å². The zero-order valence-electron chi connectivity index (χ0n) is 16.5. The Morgan fingerprint density at radius 2 is 1.74 bits per heavy atom. The van der Waals surface area contributed by atoms with Crippen LogP contribution in [0.3, 0.4) is 0 Å². The maximum absolute atomic E-state index is 7.00. The van der Waals surface area contributed by atoms with E-state index < -0.39 is 16.4 Å². The number of nitrogens with zero attached hydrogens (tertiary/aromatic N) is 1. The lowest BCUT2D eigenvalue weighted by atomic mass is 9.89. The van der Waals surface area contributed by atoms with Gasteiger partial charge in [0, 0.05) is 12.6 Å². The maximum Gasteiger partial charge on any atom is 0.192 e. The SMILES string of the molecule is CC[Si](CC)(CC)O[C@@H]1C[C@@H]2CCCCN2C/C1=C\[Si](C)(C)C. The summed E-state index contributed by atoms with van der Waals surface area (Å²) in [6, 6.07) is 4.59. The third kappa shape index (κ3) is 5.03. The van der Waals surface area contributed by atoms with Gasteiger partial charge in [-0.3, -0.25) is 4.90 Å². The van der Waals surface area contributed by atoms with Crippen molar-refractivity contribution in [3.05, 3.63) is 11.3 Å². The molecule has 134 valence electrons. The Kier molecular flexibility index (Phi) is 6.74. The highest BCUT2D eigenvalue weighted by Gasteiger charge is 2.39. The molecule has 0 radical (unpaired) electrons. The summed E-state index contributed by atoms with van der Waals surface area (Å²) in [5, 5.41) is 0. The molecule has 0 aromatic rings. The van der Waals surface area contributed by atoms with Gasteiger partial charge in [0.2, 0.25) is 0 Å². The summed E-state index contributed by atoms with van der Waals surface area (Å²) >= 11 is 0. The molecule has 0 aromatic carbocycles. The zero-order valence-corrected chi connectivity index (χ0v) is 18.5. The summed E-state index contributed by atoms with van der Waals surface area (Å²) in [7, 11) is -2.72. The van der Waals surface area contributed by atoms with E-state index in [4.69, 9.17) is 4.43 Å². The van der Waals surface area contributed by atoms with Crippen LogP contribution in [0.1, 0.15) is 46.5 Å². The van der Waals surface area contributed by atoms with Crippen molar-refractivity contribution in [1.82, 2.24) is 4.90 Å². The zero-order chi connectivity index (χ0) is 17.1. The molecule has 0 N–H and O–H groups in total. The fraction of sp³-hybridized carbons (Fsp3) is 0.895. The Balaban J connectivity index is 2.23. The van der Waals surface area contributed by atoms with Crippen molar-refractivity contribution in [3.63, 3.8) is 0 Å². The third-order valence-electron chi connectivity index (χ3n) is 5.98. The van der Waals surface area contributed by atoms with Crippen molar-refractivity contribution in [2.45, 2.75) is 96.4 Å². The van der Waals surface area contributed by atoms with Crippen LogP contribution in [0.15, 0.2) is 11.3 Å². The molecule has 23 heavy (non-hydrogen) atoms. The Labute approximate surface area is 146 Å². The van der Waals surface area contributed by atoms with Crippen molar-refractivity contribution < 1.29 is 4.43 Å². The van der Waals surface area contributed by atoms with Gasteiger partial charge in [-0.25, -0.2) is 0 Å². The Hall–Kier alpha value is 0.0938. The van der Waals surface area contributed by atoms with Crippen LogP contribution in [-0.4, -0.2) is 46.5 Å². The third-order valence-corrected chi connectivity index (χ3v) is 11.9. The van der Waals surface area contributed by atoms with Gasteiger partial charge in [-0.15, -0.1) is 0 Å². The number of hydrogen-bond acceptors (Lipinski definition) is 2. The summed E-state index contributed by atoms with van der Waals surface area (Å²) in [6.45, 7) is 16.9. The molecule has 2 saturated heterocycles. The molecule has 2 rings (SSSR count). The smallest absolute Gasteiger partial charge is 0.192 e. The molecule has 0 aliphatic carbocycles.